The number of ether oxygens (including phenoxy) is 3. The van der Waals surface area contributed by atoms with Gasteiger partial charge in [-0.2, -0.15) is 0 Å². The third-order valence-electron chi connectivity index (χ3n) is 12.5. The number of hydrogen-bond acceptors (Lipinski definition) is 6. The van der Waals surface area contributed by atoms with Crippen LogP contribution >= 0.6 is 0 Å². The van der Waals surface area contributed by atoms with E-state index < -0.39 is 6.10 Å². The van der Waals surface area contributed by atoms with E-state index in [1.54, 1.807) is 0 Å². The number of esters is 3. The molecule has 6 heteroatoms. The highest BCUT2D eigenvalue weighted by Gasteiger charge is 2.19. The Balaban J connectivity index is 4.30. The van der Waals surface area contributed by atoms with Gasteiger partial charge in [0.1, 0.15) is 13.2 Å². The molecule has 0 amide bonds. The van der Waals surface area contributed by atoms with Crippen molar-refractivity contribution in [2.24, 2.45) is 0 Å². The average Bonchev–Trinajstić information content (AvgIpc) is 3.37. The largest absolute Gasteiger partial charge is 0.462 e. The van der Waals surface area contributed by atoms with Crippen LogP contribution in [0.1, 0.15) is 278 Å². The van der Waals surface area contributed by atoms with Crippen LogP contribution in [0.4, 0.5) is 0 Å². The lowest BCUT2D eigenvalue weighted by atomic mass is 10.1. The quantitative estimate of drug-likeness (QED) is 0.0261. The van der Waals surface area contributed by atoms with Crippen LogP contribution in [0.25, 0.3) is 0 Å². The maximum atomic E-state index is 12.8. The number of carbonyl (C=O) groups is 3. The summed E-state index contributed by atoms with van der Waals surface area (Å²) in [6.07, 6.45) is 78.3. The predicted molar refractivity (Wildman–Crippen MR) is 307 cm³/mol. The van der Waals surface area contributed by atoms with Crippen LogP contribution in [-0.4, -0.2) is 37.2 Å². The molecule has 0 heterocycles. The molecule has 71 heavy (non-hydrogen) atoms. The lowest BCUT2D eigenvalue weighted by molar-refractivity contribution is -0.167. The molecule has 1 unspecified atom stereocenters. The fourth-order valence-electron chi connectivity index (χ4n) is 8.08. The monoisotopic (exact) mass is 987 g/mol. The van der Waals surface area contributed by atoms with E-state index in [-0.39, 0.29) is 31.1 Å². The van der Waals surface area contributed by atoms with Crippen molar-refractivity contribution in [2.45, 2.75) is 284 Å². The van der Waals surface area contributed by atoms with Gasteiger partial charge < -0.3 is 14.2 Å². The van der Waals surface area contributed by atoms with Crippen molar-refractivity contribution >= 4 is 17.9 Å². The molecule has 406 valence electrons. The highest BCUT2D eigenvalue weighted by atomic mass is 16.6. The van der Waals surface area contributed by atoms with Gasteiger partial charge in [-0.15, -0.1) is 0 Å². The topological polar surface area (TPSA) is 78.9 Å². The molecule has 0 rings (SSSR count). The Bertz CT molecular complexity index is 1410. The van der Waals surface area contributed by atoms with Crippen LogP contribution in [-0.2, 0) is 28.6 Å². The van der Waals surface area contributed by atoms with E-state index in [4.69, 9.17) is 14.2 Å². The van der Waals surface area contributed by atoms with Gasteiger partial charge in [0.15, 0.2) is 6.10 Å². The summed E-state index contributed by atoms with van der Waals surface area (Å²) in [5.74, 6) is -0.909. The van der Waals surface area contributed by atoms with E-state index in [0.717, 1.165) is 122 Å². The average molecular weight is 988 g/mol. The zero-order valence-corrected chi connectivity index (χ0v) is 46.5. The maximum Gasteiger partial charge on any atom is 0.306 e. The lowest BCUT2D eigenvalue weighted by Gasteiger charge is -2.18. The van der Waals surface area contributed by atoms with Gasteiger partial charge in [-0.1, -0.05) is 234 Å². The molecule has 0 radical (unpaired) electrons. The Morgan fingerprint density at radius 1 is 0.296 bits per heavy atom. The zero-order valence-electron chi connectivity index (χ0n) is 46.5. The fraction of sp³-hybridized carbons (Fsp3) is 0.708. The zero-order chi connectivity index (χ0) is 51.4. The molecular weight excluding hydrogens is 877 g/mol. The first-order chi connectivity index (χ1) is 35.0. The molecule has 6 nitrogen and oxygen atoms in total. The van der Waals surface area contributed by atoms with E-state index >= 15 is 0 Å². The van der Waals surface area contributed by atoms with Crippen LogP contribution in [0.5, 0.6) is 0 Å². The van der Waals surface area contributed by atoms with Crippen molar-refractivity contribution < 1.29 is 28.6 Å². The van der Waals surface area contributed by atoms with Gasteiger partial charge >= 0.3 is 17.9 Å². The number of carbonyl (C=O) groups excluding carboxylic acids is 3. The molecule has 0 spiro atoms. The minimum absolute atomic E-state index is 0.0872. The number of hydrogen-bond donors (Lipinski definition) is 0. The molecule has 1 atom stereocenters. The summed E-state index contributed by atoms with van der Waals surface area (Å²) in [6.45, 7) is 6.48. The van der Waals surface area contributed by atoms with Crippen molar-refractivity contribution in [2.75, 3.05) is 13.2 Å². The smallest absolute Gasteiger partial charge is 0.306 e. The summed E-state index contributed by atoms with van der Waals surface area (Å²) < 4.78 is 16.8. The first-order valence-electron chi connectivity index (χ1n) is 29.7. The Hall–Kier alpha value is -3.67. The van der Waals surface area contributed by atoms with Gasteiger partial charge in [-0.05, 0) is 122 Å². The Kier molecular flexibility index (Phi) is 55.9. The fourth-order valence-corrected chi connectivity index (χ4v) is 8.08. The van der Waals surface area contributed by atoms with Crippen molar-refractivity contribution in [1.29, 1.82) is 0 Å². The molecule has 0 fully saturated rings. The molecule has 0 aliphatic rings. The van der Waals surface area contributed by atoms with Gasteiger partial charge in [0.05, 0.1) is 0 Å². The minimum Gasteiger partial charge on any atom is -0.462 e. The summed E-state index contributed by atoms with van der Waals surface area (Å²) in [4.78, 5) is 38.1. The molecular formula is C65H110O6. The number of unbranched alkanes of at least 4 members (excludes halogenated alkanes) is 26. The third kappa shape index (κ3) is 57.1. The van der Waals surface area contributed by atoms with Gasteiger partial charge in [0, 0.05) is 19.3 Å². The molecule has 0 N–H and O–H groups in total. The summed E-state index contributed by atoms with van der Waals surface area (Å²) in [5.41, 5.74) is 0. The molecule has 0 aliphatic heterocycles. The minimum atomic E-state index is -0.789. The summed E-state index contributed by atoms with van der Waals surface area (Å²) in [6, 6.07) is 0. The van der Waals surface area contributed by atoms with E-state index in [2.05, 4.69) is 118 Å². The molecule has 0 bridgehead atoms. The predicted octanol–water partition coefficient (Wildman–Crippen LogP) is 20.1. The van der Waals surface area contributed by atoms with E-state index in [0.29, 0.717) is 19.3 Å². The van der Waals surface area contributed by atoms with Gasteiger partial charge in [0.2, 0.25) is 0 Å². The second-order valence-corrected chi connectivity index (χ2v) is 19.5. The first kappa shape index (κ1) is 67.3. The standard InChI is InChI=1S/C65H110O6/c1-4-7-10-13-16-19-22-25-27-28-29-30-31-32-33-34-35-36-37-38-39-41-43-46-49-52-55-58-64(67)70-61-62(60-69-63(66)57-54-51-48-45-42-24-21-18-15-12-9-6-3)71-65(68)59-56-53-50-47-44-40-26-23-20-17-14-11-8-5-2/h7,10,16,18-19,21,23,25-27,29-30,32-33,35-36,62H,4-6,8-9,11-15,17,20,22,24,28,31,34,37-61H2,1-3H3/b10-7-,19-16-,21-18-,26-23-,27-25-,30-29-,33-32-,36-35-. The molecule has 0 saturated heterocycles. The normalized spacial score (nSPS) is 12.8. The van der Waals surface area contributed by atoms with Crippen LogP contribution < -0.4 is 0 Å². The van der Waals surface area contributed by atoms with Crippen LogP contribution in [0.2, 0.25) is 0 Å². The second-order valence-electron chi connectivity index (χ2n) is 19.5. The molecule has 0 aromatic rings. The van der Waals surface area contributed by atoms with E-state index in [1.807, 2.05) is 0 Å². The molecule has 0 aromatic heterocycles. The molecule has 0 saturated carbocycles. The van der Waals surface area contributed by atoms with Crippen molar-refractivity contribution in [1.82, 2.24) is 0 Å². The van der Waals surface area contributed by atoms with Gasteiger partial charge in [-0.25, -0.2) is 0 Å². The van der Waals surface area contributed by atoms with Crippen molar-refractivity contribution in [3.05, 3.63) is 97.2 Å². The molecule has 0 aliphatic carbocycles. The van der Waals surface area contributed by atoms with E-state index in [1.165, 1.54) is 116 Å². The maximum absolute atomic E-state index is 12.8. The Morgan fingerprint density at radius 3 is 0.901 bits per heavy atom. The summed E-state index contributed by atoms with van der Waals surface area (Å²) in [7, 11) is 0. The van der Waals surface area contributed by atoms with Crippen LogP contribution in [0.15, 0.2) is 97.2 Å². The SMILES string of the molecule is CC/C=C\C/C=C\C/C=C\C/C=C\C/C=C\C/C=C\CCCCCCCCCCC(=O)OCC(COC(=O)CCCCCCC/C=C\CCCCC)OC(=O)CCCCCCC/C=C\CCCCCCC. The number of rotatable bonds is 53. The van der Waals surface area contributed by atoms with Gasteiger partial charge in [0.25, 0.3) is 0 Å². The van der Waals surface area contributed by atoms with E-state index in [9.17, 15) is 14.4 Å². The highest BCUT2D eigenvalue weighted by molar-refractivity contribution is 5.71. The first-order valence-corrected chi connectivity index (χ1v) is 29.7. The van der Waals surface area contributed by atoms with Crippen molar-refractivity contribution in [3.63, 3.8) is 0 Å². The Morgan fingerprint density at radius 2 is 0.549 bits per heavy atom. The highest BCUT2D eigenvalue weighted by Crippen LogP contribution is 2.15. The van der Waals surface area contributed by atoms with Gasteiger partial charge in [-0.3, -0.25) is 14.4 Å². The summed E-state index contributed by atoms with van der Waals surface area (Å²) in [5, 5.41) is 0. The van der Waals surface area contributed by atoms with Crippen LogP contribution in [0.3, 0.4) is 0 Å². The Labute approximate surface area is 438 Å². The second kappa shape index (κ2) is 58.9. The third-order valence-corrected chi connectivity index (χ3v) is 12.5. The number of allylic oxidation sites excluding steroid dienone is 16. The van der Waals surface area contributed by atoms with Crippen LogP contribution in [0, 0.1) is 0 Å². The summed E-state index contributed by atoms with van der Waals surface area (Å²) >= 11 is 0. The molecule has 0 aromatic carbocycles. The lowest BCUT2D eigenvalue weighted by Crippen LogP contribution is -2.30. The van der Waals surface area contributed by atoms with Crippen molar-refractivity contribution in [3.8, 4) is 0 Å².